The second-order valence-corrected chi connectivity index (χ2v) is 8.11. The molecule has 3 heteroatoms. The Bertz CT molecular complexity index is 1680. The lowest BCUT2D eigenvalue weighted by atomic mass is 9.91. The molecule has 148 valence electrons. The number of benzene rings is 6. The monoisotopic (exact) mass is 408 g/mol. The van der Waals surface area contributed by atoms with Gasteiger partial charge in [-0.2, -0.15) is 5.26 Å². The third-order valence-electron chi connectivity index (χ3n) is 6.44. The van der Waals surface area contributed by atoms with Crippen molar-refractivity contribution in [3.05, 3.63) is 103 Å². The topological polar surface area (TPSA) is 36.3 Å². The fraction of sp³-hybridized carbons (Fsp3) is 0. The lowest BCUT2D eigenvalue weighted by Gasteiger charge is -2.33. The van der Waals surface area contributed by atoms with Gasteiger partial charge < -0.3 is 9.64 Å². The summed E-state index contributed by atoms with van der Waals surface area (Å²) in [6.07, 6.45) is 0. The van der Waals surface area contributed by atoms with E-state index < -0.39 is 0 Å². The fourth-order valence-electron chi connectivity index (χ4n) is 5.04. The Balaban J connectivity index is 1.62. The molecule has 0 amide bonds. The van der Waals surface area contributed by atoms with Crippen LogP contribution in [0.2, 0.25) is 0 Å². The van der Waals surface area contributed by atoms with Crippen LogP contribution in [0.1, 0.15) is 5.56 Å². The Morgan fingerprint density at radius 3 is 1.81 bits per heavy atom. The second kappa shape index (κ2) is 6.23. The number of ether oxygens (including phenoxy) is 1. The van der Waals surface area contributed by atoms with E-state index in [-0.39, 0.29) is 0 Å². The predicted octanol–water partition coefficient (Wildman–Crippen LogP) is 8.03. The maximum Gasteiger partial charge on any atom is 0.151 e. The number of para-hydroxylation sites is 4. The van der Waals surface area contributed by atoms with E-state index in [1.54, 1.807) is 0 Å². The molecular formula is C29H16N2O. The fourth-order valence-corrected chi connectivity index (χ4v) is 5.04. The van der Waals surface area contributed by atoms with E-state index in [1.165, 1.54) is 10.8 Å². The normalized spacial score (nSPS) is 12.5. The summed E-state index contributed by atoms with van der Waals surface area (Å²) in [5.41, 5.74) is 3.83. The first kappa shape index (κ1) is 17.2. The second-order valence-electron chi connectivity index (χ2n) is 8.11. The maximum atomic E-state index is 9.67. The maximum absolute atomic E-state index is 9.67. The molecule has 3 nitrogen and oxygen atoms in total. The van der Waals surface area contributed by atoms with Crippen LogP contribution < -0.4 is 9.64 Å². The van der Waals surface area contributed by atoms with Gasteiger partial charge in [0.05, 0.1) is 28.7 Å². The summed E-state index contributed by atoms with van der Waals surface area (Å²) in [6, 6.07) is 35.5. The molecule has 0 aliphatic carbocycles. The molecule has 0 radical (unpaired) electrons. The number of fused-ring (bicyclic) bond motifs is 2. The van der Waals surface area contributed by atoms with Gasteiger partial charge in [-0.3, -0.25) is 0 Å². The predicted molar refractivity (Wildman–Crippen MR) is 130 cm³/mol. The summed E-state index contributed by atoms with van der Waals surface area (Å²) in [7, 11) is 0. The lowest BCUT2D eigenvalue weighted by molar-refractivity contribution is 0.477. The molecule has 0 saturated carbocycles. The molecule has 0 atom stereocenters. The van der Waals surface area contributed by atoms with Crippen molar-refractivity contribution in [2.45, 2.75) is 0 Å². The molecule has 0 spiro atoms. The number of nitriles is 1. The van der Waals surface area contributed by atoms with Gasteiger partial charge in [0, 0.05) is 10.8 Å². The molecule has 1 heterocycles. The molecule has 1 aliphatic heterocycles. The summed E-state index contributed by atoms with van der Waals surface area (Å²) < 4.78 is 6.21. The molecule has 0 bridgehead atoms. The first-order valence-corrected chi connectivity index (χ1v) is 10.6. The summed E-state index contributed by atoms with van der Waals surface area (Å²) in [5.74, 6) is 1.67. The molecule has 1 aliphatic rings. The van der Waals surface area contributed by atoms with Crippen LogP contribution >= 0.6 is 0 Å². The van der Waals surface area contributed by atoms with Gasteiger partial charge in [-0.05, 0) is 57.9 Å². The van der Waals surface area contributed by atoms with E-state index >= 15 is 0 Å². The van der Waals surface area contributed by atoms with Crippen LogP contribution in [0.3, 0.4) is 0 Å². The summed E-state index contributed by atoms with van der Waals surface area (Å²) >= 11 is 0. The number of anilines is 3. The highest BCUT2D eigenvalue weighted by molar-refractivity contribution is 6.26. The van der Waals surface area contributed by atoms with Crippen LogP contribution in [0, 0.1) is 11.3 Å². The van der Waals surface area contributed by atoms with Crippen LogP contribution in [0.25, 0.3) is 32.3 Å². The van der Waals surface area contributed by atoms with Gasteiger partial charge in [0.2, 0.25) is 0 Å². The van der Waals surface area contributed by atoms with Crippen molar-refractivity contribution in [2.75, 3.05) is 4.90 Å². The van der Waals surface area contributed by atoms with Crippen molar-refractivity contribution >= 4 is 49.4 Å². The molecule has 0 unspecified atom stereocenters. The van der Waals surface area contributed by atoms with E-state index in [9.17, 15) is 5.26 Å². The molecule has 7 rings (SSSR count). The zero-order valence-corrected chi connectivity index (χ0v) is 17.0. The van der Waals surface area contributed by atoms with Gasteiger partial charge >= 0.3 is 0 Å². The van der Waals surface area contributed by atoms with Gasteiger partial charge in [0.1, 0.15) is 0 Å². The number of hydrogen-bond acceptors (Lipinski definition) is 3. The van der Waals surface area contributed by atoms with Crippen molar-refractivity contribution in [2.24, 2.45) is 0 Å². The van der Waals surface area contributed by atoms with E-state index in [0.717, 1.165) is 50.1 Å². The average molecular weight is 408 g/mol. The summed E-state index contributed by atoms with van der Waals surface area (Å²) in [6.45, 7) is 0. The molecule has 32 heavy (non-hydrogen) atoms. The third kappa shape index (κ3) is 2.18. The SMILES string of the molecule is N#Cc1ccc2ccc3c(N4c5ccccc5Oc5ccccc54)ccc4ccc1c2c43. The van der Waals surface area contributed by atoms with Crippen LogP contribution in [0.15, 0.2) is 97.1 Å². The van der Waals surface area contributed by atoms with Gasteiger partial charge in [0.15, 0.2) is 11.5 Å². The first-order valence-electron chi connectivity index (χ1n) is 10.6. The molecule has 6 aromatic rings. The summed E-state index contributed by atoms with van der Waals surface area (Å²) in [5, 5.41) is 16.5. The van der Waals surface area contributed by atoms with E-state index in [1.807, 2.05) is 48.5 Å². The molecule has 0 saturated heterocycles. The Kier molecular flexibility index (Phi) is 3.34. The number of rotatable bonds is 1. The largest absolute Gasteiger partial charge is 0.453 e. The van der Waals surface area contributed by atoms with Crippen LogP contribution in [-0.2, 0) is 0 Å². The van der Waals surface area contributed by atoms with Crippen molar-refractivity contribution in [3.8, 4) is 17.6 Å². The molecule has 6 aromatic carbocycles. The van der Waals surface area contributed by atoms with Crippen LogP contribution in [-0.4, -0.2) is 0 Å². The highest BCUT2D eigenvalue weighted by Gasteiger charge is 2.27. The smallest absolute Gasteiger partial charge is 0.151 e. The van der Waals surface area contributed by atoms with E-state index in [2.05, 4.69) is 59.5 Å². The van der Waals surface area contributed by atoms with Crippen LogP contribution in [0.5, 0.6) is 11.5 Å². The Hall–Kier alpha value is -4.55. The minimum absolute atomic E-state index is 0.708. The van der Waals surface area contributed by atoms with E-state index in [0.29, 0.717) is 5.56 Å². The van der Waals surface area contributed by atoms with Crippen molar-refractivity contribution in [1.29, 1.82) is 5.26 Å². The highest BCUT2D eigenvalue weighted by atomic mass is 16.5. The molecule has 0 N–H and O–H groups in total. The van der Waals surface area contributed by atoms with Crippen molar-refractivity contribution in [3.63, 3.8) is 0 Å². The third-order valence-corrected chi connectivity index (χ3v) is 6.44. The highest BCUT2D eigenvalue weighted by Crippen LogP contribution is 2.52. The summed E-state index contributed by atoms with van der Waals surface area (Å²) in [4.78, 5) is 2.28. The van der Waals surface area contributed by atoms with Gasteiger partial charge in [-0.1, -0.05) is 60.7 Å². The molecular weight excluding hydrogens is 392 g/mol. The minimum Gasteiger partial charge on any atom is -0.453 e. The quantitative estimate of drug-likeness (QED) is 0.258. The van der Waals surface area contributed by atoms with E-state index in [4.69, 9.17) is 4.74 Å². The standard InChI is InChI=1S/C29H16N2O/c30-17-20-10-9-18-12-15-22-23(16-13-19-11-14-21(20)28(18)29(19)22)31-24-5-1-3-7-26(24)32-27-8-4-2-6-25(27)31/h1-16H. The zero-order chi connectivity index (χ0) is 21.2. The minimum atomic E-state index is 0.708. The molecule has 0 fully saturated rings. The average Bonchev–Trinajstić information content (AvgIpc) is 2.85. The van der Waals surface area contributed by atoms with Gasteiger partial charge in [-0.15, -0.1) is 0 Å². The number of hydrogen-bond donors (Lipinski definition) is 0. The lowest BCUT2D eigenvalue weighted by Crippen LogP contribution is -2.16. The zero-order valence-electron chi connectivity index (χ0n) is 17.0. The van der Waals surface area contributed by atoms with Crippen molar-refractivity contribution < 1.29 is 4.74 Å². The van der Waals surface area contributed by atoms with Crippen molar-refractivity contribution in [1.82, 2.24) is 0 Å². The Morgan fingerprint density at radius 2 is 1.12 bits per heavy atom. The van der Waals surface area contributed by atoms with Crippen LogP contribution in [0.4, 0.5) is 17.1 Å². The Morgan fingerprint density at radius 1 is 0.562 bits per heavy atom. The van der Waals surface area contributed by atoms with Gasteiger partial charge in [0.25, 0.3) is 0 Å². The first-order chi connectivity index (χ1) is 15.8. The Labute approximate surface area is 184 Å². The molecule has 0 aromatic heterocycles. The van der Waals surface area contributed by atoms with Gasteiger partial charge in [-0.25, -0.2) is 0 Å². The number of nitrogens with zero attached hydrogens (tertiary/aromatic N) is 2.